The molecule has 0 unspecified atom stereocenters. The van der Waals surface area contributed by atoms with Crippen LogP contribution in [0.3, 0.4) is 0 Å². The van der Waals surface area contributed by atoms with E-state index in [1.54, 1.807) is 12.3 Å². The number of fused-ring (bicyclic) bond motifs is 1. The molecule has 0 radical (unpaired) electrons. The maximum absolute atomic E-state index is 13.5. The second-order valence-corrected chi connectivity index (χ2v) is 4.08. The fourth-order valence-electron chi connectivity index (χ4n) is 1.95. The van der Waals surface area contributed by atoms with E-state index in [0.29, 0.717) is 11.4 Å². The lowest BCUT2D eigenvalue weighted by Gasteiger charge is -2.03. The van der Waals surface area contributed by atoms with Gasteiger partial charge in [-0.3, -0.25) is 0 Å². The van der Waals surface area contributed by atoms with Crippen molar-refractivity contribution in [2.24, 2.45) is 7.05 Å². The number of nitrogens with zero attached hydrogens (tertiary/aromatic N) is 3. The first-order valence-corrected chi connectivity index (χ1v) is 5.49. The molecule has 3 aromatic rings. The number of hydrogen-bond donors (Lipinski definition) is 1. The molecule has 0 saturated carbocycles. The Hall–Kier alpha value is -2.43. The first-order valence-electron chi connectivity index (χ1n) is 5.49. The number of aryl methyl sites for hydroxylation is 1. The number of imidazole rings is 1. The van der Waals surface area contributed by atoms with Crippen molar-refractivity contribution in [3.05, 3.63) is 42.3 Å². The van der Waals surface area contributed by atoms with E-state index in [0.717, 1.165) is 11.2 Å². The van der Waals surface area contributed by atoms with Crippen LogP contribution in [-0.4, -0.2) is 14.5 Å². The zero-order valence-electron chi connectivity index (χ0n) is 9.76. The summed E-state index contributed by atoms with van der Waals surface area (Å²) in [6.07, 6.45) is 1.71. The largest absolute Gasteiger partial charge is 0.396 e. The fraction of sp³-hybridized carbons (Fsp3) is 0.0769. The molecule has 18 heavy (non-hydrogen) atoms. The number of halogens is 1. The van der Waals surface area contributed by atoms with Gasteiger partial charge in [0.05, 0.1) is 5.69 Å². The number of hydrogen-bond acceptors (Lipinski definition) is 3. The maximum Gasteiger partial charge on any atom is 0.159 e. The first-order chi connectivity index (χ1) is 8.66. The van der Waals surface area contributed by atoms with E-state index in [2.05, 4.69) is 9.97 Å². The summed E-state index contributed by atoms with van der Waals surface area (Å²) in [5.41, 5.74) is 7.84. The highest BCUT2D eigenvalue weighted by atomic mass is 19.1. The minimum Gasteiger partial charge on any atom is -0.396 e. The highest BCUT2D eigenvalue weighted by molar-refractivity contribution is 5.77. The van der Waals surface area contributed by atoms with Gasteiger partial charge < -0.3 is 10.3 Å². The van der Waals surface area contributed by atoms with Crippen LogP contribution in [0.2, 0.25) is 0 Å². The van der Waals surface area contributed by atoms with Gasteiger partial charge in [-0.2, -0.15) is 0 Å². The summed E-state index contributed by atoms with van der Waals surface area (Å²) in [7, 11) is 1.85. The molecule has 90 valence electrons. The number of nitrogens with two attached hydrogens (primary N) is 1. The highest BCUT2D eigenvalue weighted by Crippen LogP contribution is 2.24. The number of benzene rings is 1. The van der Waals surface area contributed by atoms with Crippen LogP contribution >= 0.6 is 0 Å². The van der Waals surface area contributed by atoms with Crippen molar-refractivity contribution in [3.8, 4) is 11.4 Å². The average molecular weight is 242 g/mol. The summed E-state index contributed by atoms with van der Waals surface area (Å²) in [4.78, 5) is 8.70. The van der Waals surface area contributed by atoms with E-state index < -0.39 is 5.82 Å². The Kier molecular flexibility index (Phi) is 2.26. The Labute approximate surface area is 103 Å². The van der Waals surface area contributed by atoms with Crippen molar-refractivity contribution >= 4 is 16.9 Å². The van der Waals surface area contributed by atoms with E-state index in [1.807, 2.05) is 23.7 Å². The van der Waals surface area contributed by atoms with Crippen LogP contribution in [0.1, 0.15) is 0 Å². The minimum atomic E-state index is -0.437. The smallest absolute Gasteiger partial charge is 0.159 e. The molecule has 4 nitrogen and oxygen atoms in total. The second-order valence-electron chi connectivity index (χ2n) is 4.08. The van der Waals surface area contributed by atoms with Crippen molar-refractivity contribution in [2.45, 2.75) is 0 Å². The lowest BCUT2D eigenvalue weighted by Crippen LogP contribution is -1.96. The molecule has 1 aromatic carbocycles. The van der Waals surface area contributed by atoms with E-state index in [9.17, 15) is 4.39 Å². The Bertz CT molecular complexity index is 733. The molecule has 2 heterocycles. The number of pyridine rings is 1. The van der Waals surface area contributed by atoms with Crippen molar-refractivity contribution in [3.63, 3.8) is 0 Å². The van der Waals surface area contributed by atoms with Crippen LogP contribution in [0.25, 0.3) is 22.6 Å². The number of anilines is 1. The van der Waals surface area contributed by atoms with Gasteiger partial charge in [-0.1, -0.05) is 0 Å². The molecule has 2 N–H and O–H groups in total. The van der Waals surface area contributed by atoms with Crippen molar-refractivity contribution in [1.29, 1.82) is 0 Å². The Morgan fingerprint density at radius 2 is 2.11 bits per heavy atom. The molecule has 0 fully saturated rings. The van der Waals surface area contributed by atoms with E-state index in [-0.39, 0.29) is 5.69 Å². The van der Waals surface area contributed by atoms with E-state index >= 15 is 0 Å². The number of aromatic nitrogens is 3. The molecule has 0 aliphatic heterocycles. The molecular formula is C13H11FN4. The molecule has 0 aliphatic rings. The van der Waals surface area contributed by atoms with Crippen LogP contribution < -0.4 is 5.73 Å². The molecule has 0 bridgehead atoms. The number of nitrogen functional groups attached to an aromatic ring is 1. The van der Waals surface area contributed by atoms with Crippen LogP contribution in [0.15, 0.2) is 36.5 Å². The molecular weight excluding hydrogens is 231 g/mol. The van der Waals surface area contributed by atoms with Crippen molar-refractivity contribution < 1.29 is 4.39 Å². The molecule has 3 rings (SSSR count). The predicted molar refractivity (Wildman–Crippen MR) is 68.3 cm³/mol. The van der Waals surface area contributed by atoms with E-state index in [1.165, 1.54) is 12.1 Å². The lowest BCUT2D eigenvalue weighted by atomic mass is 10.2. The molecule has 0 spiro atoms. The zero-order valence-corrected chi connectivity index (χ0v) is 9.76. The summed E-state index contributed by atoms with van der Waals surface area (Å²) in [5, 5.41) is 0. The van der Waals surface area contributed by atoms with Gasteiger partial charge in [0.25, 0.3) is 0 Å². The van der Waals surface area contributed by atoms with Gasteiger partial charge in [0, 0.05) is 18.8 Å². The van der Waals surface area contributed by atoms with Crippen LogP contribution in [-0.2, 0) is 7.05 Å². The monoisotopic (exact) mass is 242 g/mol. The zero-order chi connectivity index (χ0) is 12.7. The average Bonchev–Trinajstić information content (AvgIpc) is 2.71. The molecule has 2 aromatic heterocycles. The third-order valence-electron chi connectivity index (χ3n) is 2.89. The van der Waals surface area contributed by atoms with Crippen LogP contribution in [0.5, 0.6) is 0 Å². The topological polar surface area (TPSA) is 56.7 Å². The normalized spacial score (nSPS) is 11.0. The van der Waals surface area contributed by atoms with Gasteiger partial charge in [0.1, 0.15) is 17.2 Å². The molecule has 0 saturated heterocycles. The van der Waals surface area contributed by atoms with Gasteiger partial charge in [-0.25, -0.2) is 14.4 Å². The van der Waals surface area contributed by atoms with Gasteiger partial charge in [-0.15, -0.1) is 0 Å². The Morgan fingerprint density at radius 3 is 2.83 bits per heavy atom. The minimum absolute atomic E-state index is 0.135. The molecule has 5 heteroatoms. The number of rotatable bonds is 1. The van der Waals surface area contributed by atoms with Crippen LogP contribution in [0.4, 0.5) is 10.1 Å². The fourth-order valence-corrected chi connectivity index (χ4v) is 1.95. The maximum atomic E-state index is 13.5. The molecule has 0 aliphatic carbocycles. The van der Waals surface area contributed by atoms with Crippen LogP contribution in [0, 0.1) is 5.82 Å². The summed E-state index contributed by atoms with van der Waals surface area (Å²) in [6.45, 7) is 0. The van der Waals surface area contributed by atoms with Gasteiger partial charge >= 0.3 is 0 Å². The third-order valence-corrected chi connectivity index (χ3v) is 2.89. The van der Waals surface area contributed by atoms with Crippen molar-refractivity contribution in [1.82, 2.24) is 14.5 Å². The Balaban J connectivity index is 2.25. The summed E-state index contributed by atoms with van der Waals surface area (Å²) < 4.78 is 15.3. The summed E-state index contributed by atoms with van der Waals surface area (Å²) in [5.74, 6) is 0.232. The van der Waals surface area contributed by atoms with Gasteiger partial charge in [0.2, 0.25) is 0 Å². The quantitative estimate of drug-likeness (QED) is 0.666. The SMILES string of the molecule is Cn1c(-c2ccc(N)c(F)c2)nc2cccnc21. The lowest BCUT2D eigenvalue weighted by molar-refractivity contribution is 0.632. The predicted octanol–water partition coefficient (Wildman–Crippen LogP) is 2.36. The standard InChI is InChI=1S/C13H11FN4/c1-18-12(8-4-5-10(15)9(14)7-8)17-11-3-2-6-16-13(11)18/h2-7H,15H2,1H3. The first kappa shape index (κ1) is 10.7. The summed E-state index contributed by atoms with van der Waals surface area (Å²) >= 11 is 0. The second kappa shape index (κ2) is 3.80. The van der Waals surface area contributed by atoms with Crippen molar-refractivity contribution in [2.75, 3.05) is 5.73 Å². The summed E-state index contributed by atoms with van der Waals surface area (Å²) in [6, 6.07) is 8.37. The molecule has 0 amide bonds. The van der Waals surface area contributed by atoms with Gasteiger partial charge in [-0.05, 0) is 30.3 Å². The third kappa shape index (κ3) is 1.52. The van der Waals surface area contributed by atoms with Gasteiger partial charge in [0.15, 0.2) is 5.65 Å². The highest BCUT2D eigenvalue weighted by Gasteiger charge is 2.11. The molecule has 0 atom stereocenters. The van der Waals surface area contributed by atoms with E-state index in [4.69, 9.17) is 5.73 Å². The Morgan fingerprint density at radius 1 is 1.28 bits per heavy atom.